The predicted octanol–water partition coefficient (Wildman–Crippen LogP) is 21.6. The summed E-state index contributed by atoms with van der Waals surface area (Å²) in [5, 5.41) is 17.3. The van der Waals surface area contributed by atoms with Crippen molar-refractivity contribution in [1.29, 1.82) is 0 Å². The molecule has 0 unspecified atom stereocenters. The molecule has 0 spiro atoms. The second-order valence-corrected chi connectivity index (χ2v) is 20.8. The van der Waals surface area contributed by atoms with Crippen molar-refractivity contribution >= 4 is 11.9 Å². The molecule has 0 amide bonds. The van der Waals surface area contributed by atoms with Gasteiger partial charge in [0.2, 0.25) is 0 Å². The number of carboxylic acids is 2. The van der Waals surface area contributed by atoms with Gasteiger partial charge in [-0.1, -0.05) is 340 Å². The van der Waals surface area contributed by atoms with Gasteiger partial charge in [-0.2, -0.15) is 0 Å². The Balaban J connectivity index is 3.08. The smallest absolute Gasteiger partial charge is 0.327 e. The predicted molar refractivity (Wildman–Crippen MR) is 283 cm³/mol. The van der Waals surface area contributed by atoms with E-state index < -0.39 is 11.9 Å². The zero-order chi connectivity index (χ0) is 46.2. The van der Waals surface area contributed by atoms with Gasteiger partial charge >= 0.3 is 11.9 Å². The highest BCUT2D eigenvalue weighted by molar-refractivity contribution is 5.79. The average Bonchev–Trinajstić information content (AvgIpc) is 3.28. The lowest BCUT2D eigenvalue weighted by Crippen LogP contribution is -1.93. The number of carbonyl (C=O) groups is 2. The van der Waals surface area contributed by atoms with E-state index in [1.54, 1.807) is 6.08 Å². The molecule has 0 aromatic heterocycles. The van der Waals surface area contributed by atoms with Gasteiger partial charge in [0.15, 0.2) is 0 Å². The Labute approximate surface area is 401 Å². The molecule has 0 fully saturated rings. The van der Waals surface area contributed by atoms with E-state index in [0.29, 0.717) is 6.42 Å². The van der Waals surface area contributed by atoms with Gasteiger partial charge in [-0.3, -0.25) is 4.79 Å². The fourth-order valence-corrected chi connectivity index (χ4v) is 9.91. The second-order valence-electron chi connectivity index (χ2n) is 20.8. The molecule has 0 rings (SSSR count). The maximum absolute atomic E-state index is 10.5. The summed E-state index contributed by atoms with van der Waals surface area (Å²) in [6.07, 6.45) is 80.6. The summed E-state index contributed by atoms with van der Waals surface area (Å²) in [6.45, 7) is 0. The van der Waals surface area contributed by atoms with Crippen LogP contribution in [0.15, 0.2) is 12.2 Å². The van der Waals surface area contributed by atoms with E-state index in [-0.39, 0.29) is 0 Å². The molecule has 0 bridgehead atoms. The summed E-state index contributed by atoms with van der Waals surface area (Å²) < 4.78 is 0. The highest BCUT2D eigenvalue weighted by Gasteiger charge is 2.00. The minimum Gasteiger partial charge on any atom is -0.481 e. The minimum atomic E-state index is -0.828. The molecule has 380 valence electrons. The second kappa shape index (κ2) is 57.8. The largest absolute Gasteiger partial charge is 0.481 e. The number of unbranched alkanes of at least 4 members (excludes halogenated alkanes) is 54. The molecule has 64 heavy (non-hydrogen) atoms. The van der Waals surface area contributed by atoms with Gasteiger partial charge in [-0.05, 0) is 19.3 Å². The summed E-state index contributed by atoms with van der Waals surface area (Å²) in [7, 11) is 0. The van der Waals surface area contributed by atoms with E-state index in [4.69, 9.17) is 10.2 Å². The van der Waals surface area contributed by atoms with Gasteiger partial charge < -0.3 is 10.2 Å². The molecule has 0 aliphatic rings. The van der Waals surface area contributed by atoms with E-state index >= 15 is 0 Å². The van der Waals surface area contributed by atoms with Crippen molar-refractivity contribution in [3.8, 4) is 0 Å². The van der Waals surface area contributed by atoms with E-state index in [2.05, 4.69) is 0 Å². The molecule has 0 saturated heterocycles. The number of hydrogen-bond donors (Lipinski definition) is 2. The van der Waals surface area contributed by atoms with Crippen LogP contribution in [0.4, 0.5) is 0 Å². The molecule has 0 aliphatic carbocycles. The molecule has 0 radical (unpaired) electrons. The first-order valence-corrected chi connectivity index (χ1v) is 29.7. The van der Waals surface area contributed by atoms with Crippen LogP contribution >= 0.6 is 0 Å². The van der Waals surface area contributed by atoms with Crippen LogP contribution < -0.4 is 0 Å². The van der Waals surface area contributed by atoms with E-state index in [9.17, 15) is 9.59 Å². The Kier molecular flexibility index (Phi) is 56.6. The number of allylic oxidation sites excluding steroid dienone is 1. The normalized spacial score (nSPS) is 11.7. The molecule has 0 saturated carbocycles. The standard InChI is InChI=1S/C60H116O4/c61-59(62)57-55-53-51-49-47-45-43-41-39-37-35-33-31-29-27-25-23-21-19-17-15-13-11-9-7-5-3-1-2-4-6-8-10-12-14-16-18-20-22-24-26-28-30-32-34-36-38-40-42-44-46-48-50-52-54-56-58-60(63)64/h55,57H,1-54,56,58H2,(H,61,62)(H,63,64). The van der Waals surface area contributed by atoms with Gasteiger partial charge in [-0.25, -0.2) is 4.79 Å². The van der Waals surface area contributed by atoms with Crippen LogP contribution in [0.1, 0.15) is 360 Å². The van der Waals surface area contributed by atoms with Crippen LogP contribution in [0.3, 0.4) is 0 Å². The fraction of sp³-hybridized carbons (Fsp3) is 0.933. The minimum absolute atomic E-state index is 0.344. The maximum Gasteiger partial charge on any atom is 0.327 e. The lowest BCUT2D eigenvalue weighted by atomic mass is 10.0. The lowest BCUT2D eigenvalue weighted by Gasteiger charge is -2.05. The van der Waals surface area contributed by atoms with Crippen molar-refractivity contribution in [2.75, 3.05) is 0 Å². The first kappa shape index (κ1) is 62.7. The van der Waals surface area contributed by atoms with Crippen molar-refractivity contribution < 1.29 is 19.8 Å². The Morgan fingerprint density at radius 1 is 0.219 bits per heavy atom. The summed E-state index contributed by atoms with van der Waals surface area (Å²) >= 11 is 0. The number of aliphatic carboxylic acids is 2. The first-order chi connectivity index (χ1) is 31.6. The number of rotatable bonds is 58. The summed E-state index contributed by atoms with van der Waals surface area (Å²) in [5.41, 5.74) is 0. The maximum atomic E-state index is 10.5. The Morgan fingerprint density at radius 3 is 0.500 bits per heavy atom. The summed E-state index contributed by atoms with van der Waals surface area (Å²) in [6, 6.07) is 0. The van der Waals surface area contributed by atoms with Crippen molar-refractivity contribution in [2.45, 2.75) is 360 Å². The molecular weight excluding hydrogens is 785 g/mol. The van der Waals surface area contributed by atoms with Gasteiger partial charge in [0.05, 0.1) is 0 Å². The van der Waals surface area contributed by atoms with Gasteiger partial charge in [0.1, 0.15) is 0 Å². The topological polar surface area (TPSA) is 74.6 Å². The molecule has 0 atom stereocenters. The fourth-order valence-electron chi connectivity index (χ4n) is 9.91. The van der Waals surface area contributed by atoms with Crippen molar-refractivity contribution in [3.63, 3.8) is 0 Å². The van der Waals surface area contributed by atoms with Crippen molar-refractivity contribution in [1.82, 2.24) is 0 Å². The third-order valence-corrected chi connectivity index (χ3v) is 14.3. The van der Waals surface area contributed by atoms with Crippen LogP contribution in [0, 0.1) is 0 Å². The van der Waals surface area contributed by atoms with E-state index in [1.807, 2.05) is 0 Å². The summed E-state index contributed by atoms with van der Waals surface area (Å²) in [5.74, 6) is -1.48. The first-order valence-electron chi connectivity index (χ1n) is 29.7. The highest BCUT2D eigenvalue weighted by atomic mass is 16.4. The molecular formula is C60H116O4. The van der Waals surface area contributed by atoms with Crippen molar-refractivity contribution in [3.05, 3.63) is 12.2 Å². The van der Waals surface area contributed by atoms with Gasteiger partial charge in [0, 0.05) is 12.5 Å². The zero-order valence-electron chi connectivity index (χ0n) is 43.5. The summed E-state index contributed by atoms with van der Waals surface area (Å²) in [4.78, 5) is 21.0. The lowest BCUT2D eigenvalue weighted by molar-refractivity contribution is -0.137. The Hall–Kier alpha value is -1.32. The number of hydrogen-bond acceptors (Lipinski definition) is 2. The molecule has 0 heterocycles. The molecule has 2 N–H and O–H groups in total. The average molecular weight is 902 g/mol. The molecule has 0 aromatic rings. The zero-order valence-corrected chi connectivity index (χ0v) is 43.5. The monoisotopic (exact) mass is 901 g/mol. The van der Waals surface area contributed by atoms with Crippen LogP contribution in [-0.4, -0.2) is 22.2 Å². The highest BCUT2D eigenvalue weighted by Crippen LogP contribution is 2.19. The Morgan fingerprint density at radius 2 is 0.359 bits per heavy atom. The van der Waals surface area contributed by atoms with Crippen molar-refractivity contribution in [2.24, 2.45) is 0 Å². The Bertz CT molecular complexity index is 913. The van der Waals surface area contributed by atoms with Crippen LogP contribution in [0.25, 0.3) is 0 Å². The molecule has 0 aliphatic heterocycles. The van der Waals surface area contributed by atoms with Crippen LogP contribution in [-0.2, 0) is 9.59 Å². The molecule has 4 nitrogen and oxygen atoms in total. The van der Waals surface area contributed by atoms with Crippen LogP contribution in [0.2, 0.25) is 0 Å². The molecule has 0 aromatic carbocycles. The van der Waals surface area contributed by atoms with Gasteiger partial charge in [-0.15, -0.1) is 0 Å². The number of carboxylic acid groups (broad SMARTS) is 2. The van der Waals surface area contributed by atoms with E-state index in [1.165, 1.54) is 334 Å². The quantitative estimate of drug-likeness (QED) is 0.0471. The third-order valence-electron chi connectivity index (χ3n) is 14.3. The van der Waals surface area contributed by atoms with Crippen LogP contribution in [0.5, 0.6) is 0 Å². The SMILES string of the molecule is O=C(O)C=CCCCCCCCCCCCCCCCCCCCCCCCCCCCCCCCCCCCCCCCCCCCCCCCCCCCCCCCCC(=O)O. The third kappa shape index (κ3) is 60.7. The van der Waals surface area contributed by atoms with Gasteiger partial charge in [0.25, 0.3) is 0 Å². The molecule has 4 heteroatoms. The van der Waals surface area contributed by atoms with E-state index in [0.717, 1.165) is 25.7 Å².